The first-order valence-electron chi connectivity index (χ1n) is 2.77. The molecule has 4 heteroatoms. The van der Waals surface area contributed by atoms with E-state index < -0.39 is 4.92 Å². The monoisotopic (exact) mass is 225 g/mol. The predicted molar refractivity (Wildman–Crippen MR) is 37.6 cm³/mol. The molecule has 11 heavy (non-hydrogen) atoms. The molecule has 1 aromatic carbocycles. The zero-order valence-corrected chi connectivity index (χ0v) is 8.70. The van der Waals surface area contributed by atoms with Gasteiger partial charge in [0.05, 0.1) is 0 Å². The van der Waals surface area contributed by atoms with E-state index in [4.69, 9.17) is 0 Å². The van der Waals surface area contributed by atoms with Crippen molar-refractivity contribution >= 4 is 5.69 Å². The van der Waals surface area contributed by atoms with Gasteiger partial charge in [0, 0.05) is 37.6 Å². The third kappa shape index (κ3) is 2.60. The van der Waals surface area contributed by atoms with Crippen LogP contribution in [0.1, 0.15) is 5.56 Å². The maximum atomic E-state index is 10.2. The summed E-state index contributed by atoms with van der Waals surface area (Å²) in [5.74, 6) is 0. The zero-order chi connectivity index (χ0) is 7.56. The normalized spacial score (nSPS) is 8.36. The summed E-state index contributed by atoms with van der Waals surface area (Å²) >= 11 is 0. The van der Waals surface area contributed by atoms with Gasteiger partial charge in [-0.2, -0.15) is 13.0 Å². The Bertz CT molecular complexity index is 262. The molecule has 0 unspecified atom stereocenters. The van der Waals surface area contributed by atoms with E-state index in [1.807, 2.05) is 0 Å². The van der Waals surface area contributed by atoms with Crippen molar-refractivity contribution in [3.05, 3.63) is 46.9 Å². The summed E-state index contributed by atoms with van der Waals surface area (Å²) in [4.78, 5) is 9.75. The van der Waals surface area contributed by atoms with Crippen LogP contribution in [0.5, 0.6) is 0 Å². The van der Waals surface area contributed by atoms with Crippen LogP contribution >= 0.6 is 0 Å². The number of hydrogen-bond acceptors (Lipinski definition) is 2. The first kappa shape index (κ1) is 10.6. The molecular formula is C7H6NO2Y-. The van der Waals surface area contributed by atoms with Crippen LogP contribution in [0.4, 0.5) is 5.69 Å². The van der Waals surface area contributed by atoms with E-state index in [1.165, 1.54) is 6.07 Å². The fourth-order valence-electron chi connectivity index (χ4n) is 0.689. The second-order valence-electron chi connectivity index (χ2n) is 1.89. The van der Waals surface area contributed by atoms with Gasteiger partial charge in [-0.1, -0.05) is 6.07 Å². The first-order chi connectivity index (χ1) is 4.72. The van der Waals surface area contributed by atoms with Gasteiger partial charge >= 0.3 is 0 Å². The molecule has 0 saturated carbocycles. The molecule has 1 aromatic rings. The zero-order valence-electron chi connectivity index (χ0n) is 5.86. The van der Waals surface area contributed by atoms with Crippen molar-refractivity contribution in [1.29, 1.82) is 0 Å². The van der Waals surface area contributed by atoms with Crippen molar-refractivity contribution in [2.45, 2.75) is 0 Å². The first-order valence-corrected chi connectivity index (χ1v) is 2.77. The molecule has 0 aliphatic carbocycles. The molecule has 0 heterocycles. The summed E-state index contributed by atoms with van der Waals surface area (Å²) in [5.41, 5.74) is 0.523. The average molecular weight is 225 g/mol. The smallest absolute Gasteiger partial charge is 0.170 e. The van der Waals surface area contributed by atoms with Crippen molar-refractivity contribution in [3.8, 4) is 0 Å². The van der Waals surface area contributed by atoms with Crippen LogP contribution in [0.2, 0.25) is 0 Å². The molecular weight excluding hydrogens is 219 g/mol. The van der Waals surface area contributed by atoms with E-state index in [0.29, 0.717) is 5.56 Å². The number of benzene rings is 1. The summed E-state index contributed by atoms with van der Waals surface area (Å²) in [7, 11) is 0. The van der Waals surface area contributed by atoms with E-state index >= 15 is 0 Å². The van der Waals surface area contributed by atoms with Crippen LogP contribution < -0.4 is 0 Å². The van der Waals surface area contributed by atoms with Gasteiger partial charge in [-0.25, -0.2) is 0 Å². The summed E-state index contributed by atoms with van der Waals surface area (Å²) in [5, 5.41) is 10.2. The fraction of sp³-hybridized carbons (Fsp3) is 0. The maximum absolute atomic E-state index is 10.2. The Hall–Kier alpha value is -0.406. The molecule has 0 aromatic heterocycles. The van der Waals surface area contributed by atoms with Crippen molar-refractivity contribution in [2.24, 2.45) is 0 Å². The van der Waals surface area contributed by atoms with Crippen molar-refractivity contribution in [3.63, 3.8) is 0 Å². The number of para-hydroxylation sites is 1. The van der Waals surface area contributed by atoms with Crippen molar-refractivity contribution in [1.82, 2.24) is 0 Å². The Morgan fingerprint density at radius 3 is 2.27 bits per heavy atom. The number of rotatable bonds is 1. The van der Waals surface area contributed by atoms with Gasteiger partial charge in [0.1, 0.15) is 0 Å². The summed E-state index contributed by atoms with van der Waals surface area (Å²) < 4.78 is 0. The van der Waals surface area contributed by atoms with E-state index in [1.54, 1.807) is 18.2 Å². The summed E-state index contributed by atoms with van der Waals surface area (Å²) in [6.45, 7) is 3.50. The van der Waals surface area contributed by atoms with Gasteiger partial charge in [-0.3, -0.25) is 10.1 Å². The second kappa shape index (κ2) is 4.47. The molecule has 0 saturated heterocycles. The van der Waals surface area contributed by atoms with Gasteiger partial charge in [-0.05, 0) is 6.07 Å². The predicted octanol–water partition coefficient (Wildman–Crippen LogP) is 1.77. The van der Waals surface area contributed by atoms with Crippen LogP contribution in [0.3, 0.4) is 0 Å². The Labute approximate surface area is 89.8 Å². The Kier molecular flexibility index (Phi) is 4.30. The summed E-state index contributed by atoms with van der Waals surface area (Å²) in [6, 6.07) is 6.38. The van der Waals surface area contributed by atoms with Gasteiger partial charge in [0.2, 0.25) is 0 Å². The quantitative estimate of drug-likeness (QED) is 0.415. The Morgan fingerprint density at radius 1 is 1.36 bits per heavy atom. The third-order valence-corrected chi connectivity index (χ3v) is 1.19. The van der Waals surface area contributed by atoms with E-state index in [2.05, 4.69) is 6.92 Å². The van der Waals surface area contributed by atoms with Gasteiger partial charge < -0.3 is 0 Å². The minimum atomic E-state index is -0.442. The minimum absolute atomic E-state index is 0. The molecule has 0 N–H and O–H groups in total. The fourth-order valence-corrected chi connectivity index (χ4v) is 0.689. The van der Waals surface area contributed by atoms with Crippen molar-refractivity contribution in [2.75, 3.05) is 0 Å². The molecule has 55 valence electrons. The van der Waals surface area contributed by atoms with Crippen LogP contribution in [0, 0.1) is 17.0 Å². The largest absolute Gasteiger partial charge is 0.270 e. The summed E-state index contributed by atoms with van der Waals surface area (Å²) in [6.07, 6.45) is 0. The van der Waals surface area contributed by atoms with Crippen LogP contribution in [0.25, 0.3) is 0 Å². The number of nitrogens with zero attached hydrogens (tertiary/aromatic N) is 1. The number of nitro benzene ring substituents is 1. The molecule has 0 spiro atoms. The number of nitro groups is 1. The molecule has 0 fully saturated rings. The number of hydrogen-bond donors (Lipinski definition) is 0. The van der Waals surface area contributed by atoms with E-state index in [-0.39, 0.29) is 38.4 Å². The molecule has 0 amide bonds. The third-order valence-electron chi connectivity index (χ3n) is 1.19. The molecule has 1 radical (unpaired) electrons. The molecule has 1 rings (SSSR count). The molecule has 0 atom stereocenters. The molecule has 0 aliphatic rings. The Morgan fingerprint density at radius 2 is 1.91 bits per heavy atom. The topological polar surface area (TPSA) is 43.1 Å². The maximum Gasteiger partial charge on any atom is 0.170 e. The molecule has 0 bridgehead atoms. The van der Waals surface area contributed by atoms with E-state index in [0.717, 1.165) is 0 Å². The average Bonchev–Trinajstić information content (AvgIpc) is 1.88. The second-order valence-corrected chi connectivity index (χ2v) is 1.89. The van der Waals surface area contributed by atoms with Crippen molar-refractivity contribution < 1.29 is 37.6 Å². The van der Waals surface area contributed by atoms with E-state index in [9.17, 15) is 10.1 Å². The Balaban J connectivity index is 0.000001000. The van der Waals surface area contributed by atoms with Crippen LogP contribution in [-0.4, -0.2) is 4.92 Å². The molecule has 3 nitrogen and oxygen atoms in total. The van der Waals surface area contributed by atoms with Gasteiger partial charge in [0.25, 0.3) is 0 Å². The van der Waals surface area contributed by atoms with Crippen LogP contribution in [-0.2, 0) is 32.7 Å². The standard InChI is InChI=1S/C7H6NO2.Y/c1-6-4-2-3-5-7(6)8(9)10;/h2-5H,1H2;/q-1;. The SMILES string of the molecule is [CH2-]c1ccccc1[N+](=O)[O-].[Y]. The van der Waals surface area contributed by atoms with Gasteiger partial charge in [-0.15, -0.1) is 11.6 Å². The minimum Gasteiger partial charge on any atom is -0.270 e. The van der Waals surface area contributed by atoms with Gasteiger partial charge in [0.15, 0.2) is 5.69 Å². The molecule has 0 aliphatic heterocycles. The van der Waals surface area contributed by atoms with Crippen LogP contribution in [0.15, 0.2) is 24.3 Å².